The Kier molecular flexibility index (Phi) is 5.42. The van der Waals surface area contributed by atoms with E-state index in [1.807, 2.05) is 24.3 Å². The molecule has 0 aliphatic carbocycles. The smallest absolute Gasteiger partial charge is 0.144 e. The average molecular weight is 428 g/mol. The third-order valence-electron chi connectivity index (χ3n) is 4.50. The minimum atomic E-state index is 0.470. The Balaban J connectivity index is 1.82. The number of methoxy groups -OCH3 is 3. The zero-order valence-electron chi connectivity index (χ0n) is 16.0. The summed E-state index contributed by atoms with van der Waals surface area (Å²) in [6.45, 7) is 0. The molecule has 0 aliphatic rings. The van der Waals surface area contributed by atoms with Gasteiger partial charge in [0.1, 0.15) is 34.2 Å². The molecule has 0 aliphatic heterocycles. The van der Waals surface area contributed by atoms with E-state index in [2.05, 4.69) is 20.7 Å². The minimum absolute atomic E-state index is 0.470. The Labute approximate surface area is 177 Å². The first-order valence-corrected chi connectivity index (χ1v) is 9.95. The number of anilines is 2. The van der Waals surface area contributed by atoms with E-state index >= 15 is 0 Å². The van der Waals surface area contributed by atoms with E-state index in [4.69, 9.17) is 25.8 Å². The lowest BCUT2D eigenvalue weighted by Gasteiger charge is -2.14. The molecule has 0 saturated carbocycles. The summed E-state index contributed by atoms with van der Waals surface area (Å²) >= 11 is 7.79. The Hall–Kier alpha value is -3.03. The second kappa shape index (κ2) is 8.14. The fourth-order valence-electron chi connectivity index (χ4n) is 3.04. The van der Waals surface area contributed by atoms with Crippen LogP contribution in [0.5, 0.6) is 17.2 Å². The van der Waals surface area contributed by atoms with Crippen molar-refractivity contribution >= 4 is 44.7 Å². The molecular weight excluding hydrogens is 410 g/mol. The van der Waals surface area contributed by atoms with Gasteiger partial charge < -0.3 is 19.5 Å². The molecule has 0 spiro atoms. The van der Waals surface area contributed by atoms with Crippen molar-refractivity contribution in [2.45, 2.75) is 0 Å². The van der Waals surface area contributed by atoms with Gasteiger partial charge in [0.15, 0.2) is 0 Å². The Bertz CT molecular complexity index is 1160. The van der Waals surface area contributed by atoms with Gasteiger partial charge in [-0.15, -0.1) is 11.3 Å². The highest BCUT2D eigenvalue weighted by Gasteiger charge is 2.16. The van der Waals surface area contributed by atoms with Crippen LogP contribution in [-0.4, -0.2) is 31.3 Å². The maximum absolute atomic E-state index is 6.22. The van der Waals surface area contributed by atoms with E-state index in [9.17, 15) is 0 Å². The van der Waals surface area contributed by atoms with Crippen molar-refractivity contribution in [3.05, 3.63) is 53.1 Å². The van der Waals surface area contributed by atoms with Crippen molar-refractivity contribution in [1.29, 1.82) is 0 Å². The van der Waals surface area contributed by atoms with Gasteiger partial charge in [0.05, 0.1) is 37.4 Å². The number of hydrogen-bond donors (Lipinski definition) is 1. The van der Waals surface area contributed by atoms with E-state index in [0.717, 1.165) is 27.1 Å². The molecular formula is C21H18ClN3O3S. The van der Waals surface area contributed by atoms with Crippen LogP contribution in [0.3, 0.4) is 0 Å². The first-order valence-electron chi connectivity index (χ1n) is 8.69. The summed E-state index contributed by atoms with van der Waals surface area (Å²) in [7, 11) is 4.81. The van der Waals surface area contributed by atoms with Gasteiger partial charge in [-0.3, -0.25) is 0 Å². The molecule has 148 valence electrons. The molecule has 4 rings (SSSR count). The maximum atomic E-state index is 6.22. The van der Waals surface area contributed by atoms with E-state index in [-0.39, 0.29) is 0 Å². The summed E-state index contributed by atoms with van der Waals surface area (Å²) in [5, 5.41) is 6.83. The summed E-state index contributed by atoms with van der Waals surface area (Å²) in [5.74, 6) is 2.61. The van der Waals surface area contributed by atoms with Gasteiger partial charge >= 0.3 is 0 Å². The van der Waals surface area contributed by atoms with Crippen molar-refractivity contribution in [3.8, 4) is 28.4 Å². The summed E-state index contributed by atoms with van der Waals surface area (Å²) in [6.07, 6.45) is 1.54. The summed E-state index contributed by atoms with van der Waals surface area (Å²) in [5.41, 5.74) is 2.78. The number of halogens is 1. The number of nitrogens with zero attached hydrogens (tertiary/aromatic N) is 2. The first kappa shape index (κ1) is 19.3. The van der Waals surface area contributed by atoms with E-state index in [0.29, 0.717) is 28.0 Å². The van der Waals surface area contributed by atoms with Crippen molar-refractivity contribution in [1.82, 2.24) is 9.97 Å². The Morgan fingerprint density at radius 2 is 1.69 bits per heavy atom. The highest BCUT2D eigenvalue weighted by Crippen LogP contribution is 2.41. The Morgan fingerprint density at radius 3 is 2.38 bits per heavy atom. The highest BCUT2D eigenvalue weighted by atomic mass is 35.5. The quantitative estimate of drug-likeness (QED) is 0.420. The molecule has 8 heteroatoms. The largest absolute Gasteiger partial charge is 0.497 e. The number of ether oxygens (including phenoxy) is 3. The van der Waals surface area contributed by atoms with Crippen LogP contribution in [0.25, 0.3) is 21.3 Å². The zero-order valence-corrected chi connectivity index (χ0v) is 17.6. The van der Waals surface area contributed by atoms with Crippen LogP contribution in [0, 0.1) is 0 Å². The highest BCUT2D eigenvalue weighted by molar-refractivity contribution is 7.17. The van der Waals surface area contributed by atoms with Crippen LogP contribution in [-0.2, 0) is 0 Å². The monoisotopic (exact) mass is 427 g/mol. The van der Waals surface area contributed by atoms with Crippen molar-refractivity contribution in [2.75, 3.05) is 26.6 Å². The van der Waals surface area contributed by atoms with Gasteiger partial charge in [-0.25, -0.2) is 9.97 Å². The maximum Gasteiger partial charge on any atom is 0.144 e. The van der Waals surface area contributed by atoms with Crippen molar-refractivity contribution < 1.29 is 14.2 Å². The minimum Gasteiger partial charge on any atom is -0.497 e. The number of rotatable bonds is 6. The molecule has 0 bridgehead atoms. The molecule has 0 atom stereocenters. The molecule has 2 heterocycles. The number of hydrogen-bond acceptors (Lipinski definition) is 7. The van der Waals surface area contributed by atoms with Crippen LogP contribution in [0.4, 0.5) is 11.5 Å². The molecule has 0 unspecified atom stereocenters. The lowest BCUT2D eigenvalue weighted by atomic mass is 10.1. The van der Waals surface area contributed by atoms with Gasteiger partial charge in [-0.2, -0.15) is 0 Å². The number of nitrogens with one attached hydrogen (secondary N) is 1. The van der Waals surface area contributed by atoms with Gasteiger partial charge in [0.25, 0.3) is 0 Å². The van der Waals surface area contributed by atoms with Crippen molar-refractivity contribution in [2.24, 2.45) is 0 Å². The fourth-order valence-corrected chi connectivity index (χ4v) is 4.19. The molecule has 2 aromatic carbocycles. The summed E-state index contributed by atoms with van der Waals surface area (Å²) in [4.78, 5) is 9.78. The summed E-state index contributed by atoms with van der Waals surface area (Å²) in [6, 6.07) is 11.4. The molecule has 4 aromatic rings. The fraction of sp³-hybridized carbons (Fsp3) is 0.143. The third kappa shape index (κ3) is 3.66. The zero-order chi connectivity index (χ0) is 20.4. The molecule has 0 amide bonds. The predicted octanol–water partition coefficient (Wildman–Crippen LogP) is 5.78. The van der Waals surface area contributed by atoms with E-state index in [1.165, 1.54) is 0 Å². The van der Waals surface area contributed by atoms with Gasteiger partial charge in [-0.1, -0.05) is 23.7 Å². The van der Waals surface area contributed by atoms with Gasteiger partial charge in [0, 0.05) is 23.1 Å². The van der Waals surface area contributed by atoms with Gasteiger partial charge in [-0.05, 0) is 17.7 Å². The molecule has 1 N–H and O–H groups in total. The van der Waals surface area contributed by atoms with Crippen LogP contribution in [0.15, 0.2) is 48.1 Å². The van der Waals surface area contributed by atoms with Crippen molar-refractivity contribution in [3.63, 3.8) is 0 Å². The second-order valence-electron chi connectivity index (χ2n) is 6.09. The SMILES string of the molecule is COc1ccc(-c2csc3ncnc(Nc4cc(OC)c(Cl)cc4OC)c23)cc1. The van der Waals surface area contributed by atoms with Gasteiger partial charge in [0.2, 0.25) is 0 Å². The number of fused-ring (bicyclic) bond motifs is 1. The van der Waals surface area contributed by atoms with Crippen LogP contribution in [0.2, 0.25) is 5.02 Å². The lowest BCUT2D eigenvalue weighted by molar-refractivity contribution is 0.405. The average Bonchev–Trinajstić information content (AvgIpc) is 3.20. The number of aromatic nitrogens is 2. The standard InChI is InChI=1S/C21H18ClN3O3S/c1-26-13-6-4-12(5-7-13)14-10-29-21-19(14)20(23-11-24-21)25-16-9-17(27-2)15(22)8-18(16)28-3/h4-11H,1-3H3,(H,23,24,25). The molecule has 0 fully saturated rings. The van der Waals surface area contributed by atoms with Crippen LogP contribution >= 0.6 is 22.9 Å². The molecule has 6 nitrogen and oxygen atoms in total. The summed E-state index contributed by atoms with van der Waals surface area (Å²) < 4.78 is 16.1. The van der Waals surface area contributed by atoms with Crippen LogP contribution < -0.4 is 19.5 Å². The predicted molar refractivity (Wildman–Crippen MR) is 117 cm³/mol. The normalized spacial score (nSPS) is 10.8. The second-order valence-corrected chi connectivity index (χ2v) is 7.36. The lowest BCUT2D eigenvalue weighted by Crippen LogP contribution is -1.99. The molecule has 0 radical (unpaired) electrons. The third-order valence-corrected chi connectivity index (χ3v) is 5.68. The number of thiophene rings is 1. The molecule has 0 saturated heterocycles. The molecule has 2 aromatic heterocycles. The topological polar surface area (TPSA) is 65.5 Å². The Morgan fingerprint density at radius 1 is 0.931 bits per heavy atom. The van der Waals surface area contributed by atoms with E-state index in [1.54, 1.807) is 51.1 Å². The number of benzene rings is 2. The molecule has 29 heavy (non-hydrogen) atoms. The van der Waals surface area contributed by atoms with E-state index < -0.39 is 0 Å². The first-order chi connectivity index (χ1) is 14.1. The van der Waals surface area contributed by atoms with Crippen LogP contribution in [0.1, 0.15) is 0 Å².